The van der Waals surface area contributed by atoms with E-state index in [1.54, 1.807) is 0 Å². The Bertz CT molecular complexity index is 1360. The average Bonchev–Trinajstić information content (AvgIpc) is 3.26. The van der Waals surface area contributed by atoms with Gasteiger partial charge in [0.2, 0.25) is 0 Å². The molecule has 0 saturated heterocycles. The highest BCUT2D eigenvalue weighted by Crippen LogP contribution is 2.36. The fourth-order valence-corrected chi connectivity index (χ4v) is 4.32. The first-order valence-corrected chi connectivity index (χ1v) is 9.80. The maximum atomic E-state index is 5.14. The van der Waals surface area contributed by atoms with E-state index < -0.39 is 0 Å². The van der Waals surface area contributed by atoms with Gasteiger partial charge in [-0.3, -0.25) is 10.2 Å². The van der Waals surface area contributed by atoms with E-state index >= 15 is 0 Å². The Morgan fingerprint density at radius 2 is 1.54 bits per heavy atom. The summed E-state index contributed by atoms with van der Waals surface area (Å²) >= 11 is 0. The van der Waals surface area contributed by atoms with Crippen molar-refractivity contribution < 1.29 is 0 Å². The van der Waals surface area contributed by atoms with Crippen LogP contribution in [0.4, 0.5) is 0 Å². The van der Waals surface area contributed by atoms with Crippen LogP contribution >= 0.6 is 0 Å². The number of benzene rings is 2. The van der Waals surface area contributed by atoms with Gasteiger partial charge in [0, 0.05) is 33.1 Å². The summed E-state index contributed by atoms with van der Waals surface area (Å²) in [6.07, 6.45) is 2.08. The van der Waals surface area contributed by atoms with Crippen molar-refractivity contribution in [3.63, 3.8) is 0 Å². The second kappa shape index (κ2) is 6.16. The van der Waals surface area contributed by atoms with Crippen LogP contribution in [0.1, 0.15) is 35.9 Å². The van der Waals surface area contributed by atoms with E-state index in [-0.39, 0.29) is 0 Å². The maximum absolute atomic E-state index is 5.14. The summed E-state index contributed by atoms with van der Waals surface area (Å²) in [6.45, 7) is 8.59. The molecule has 0 radical (unpaired) electrons. The number of aryl methyl sites for hydroxylation is 3. The van der Waals surface area contributed by atoms with Crippen LogP contribution in [0.15, 0.2) is 30.3 Å². The predicted molar refractivity (Wildman–Crippen MR) is 115 cm³/mol. The third kappa shape index (κ3) is 2.35. The summed E-state index contributed by atoms with van der Waals surface area (Å²) < 4.78 is 0. The van der Waals surface area contributed by atoms with Crippen LogP contribution in [0.5, 0.6) is 0 Å². The number of pyridine rings is 1. The van der Waals surface area contributed by atoms with E-state index in [1.165, 1.54) is 21.9 Å². The minimum Gasteiger partial charge on any atom is -0.282 e. The molecule has 0 unspecified atom stereocenters. The van der Waals surface area contributed by atoms with Gasteiger partial charge in [-0.05, 0) is 62.6 Å². The van der Waals surface area contributed by atoms with Crippen LogP contribution in [0.3, 0.4) is 0 Å². The normalized spacial score (nSPS) is 11.9. The van der Waals surface area contributed by atoms with E-state index in [4.69, 9.17) is 4.98 Å². The van der Waals surface area contributed by atoms with Crippen molar-refractivity contribution in [2.45, 2.75) is 40.5 Å². The highest BCUT2D eigenvalue weighted by atomic mass is 15.1. The highest BCUT2D eigenvalue weighted by molar-refractivity contribution is 6.09. The fourth-order valence-electron chi connectivity index (χ4n) is 4.32. The number of H-pyrrole nitrogens is 2. The molecular weight excluding hydrogens is 346 g/mol. The number of aromatic nitrogens is 5. The molecule has 0 aliphatic carbocycles. The van der Waals surface area contributed by atoms with Crippen LogP contribution in [-0.2, 0) is 6.42 Å². The summed E-state index contributed by atoms with van der Waals surface area (Å²) in [4.78, 5) is 5.14. The molecule has 3 aromatic heterocycles. The topological polar surface area (TPSA) is 70.2 Å². The first kappa shape index (κ1) is 16.9. The van der Waals surface area contributed by atoms with E-state index in [0.717, 1.165) is 57.4 Å². The Morgan fingerprint density at radius 3 is 2.36 bits per heavy atom. The smallest absolute Gasteiger partial charge is 0.0931 e. The van der Waals surface area contributed by atoms with E-state index in [1.807, 2.05) is 0 Å². The molecule has 2 N–H and O–H groups in total. The van der Waals surface area contributed by atoms with Gasteiger partial charge in [0.05, 0.1) is 22.2 Å². The molecule has 3 heterocycles. The average molecular weight is 369 g/mol. The zero-order valence-electron chi connectivity index (χ0n) is 16.6. The van der Waals surface area contributed by atoms with Gasteiger partial charge < -0.3 is 0 Å². The third-order valence-electron chi connectivity index (χ3n) is 5.74. The lowest BCUT2D eigenvalue weighted by molar-refractivity contribution is 0.911. The molecule has 2 aromatic carbocycles. The third-order valence-corrected chi connectivity index (χ3v) is 5.74. The Hall–Kier alpha value is -3.21. The molecule has 0 bridgehead atoms. The summed E-state index contributed by atoms with van der Waals surface area (Å²) in [5.74, 6) is 0. The van der Waals surface area contributed by atoms with Gasteiger partial charge in [-0.15, -0.1) is 0 Å². The van der Waals surface area contributed by atoms with Gasteiger partial charge in [-0.1, -0.05) is 19.4 Å². The lowest BCUT2D eigenvalue weighted by Gasteiger charge is -2.16. The van der Waals surface area contributed by atoms with Crippen LogP contribution in [-0.4, -0.2) is 25.4 Å². The molecular formula is C23H23N5. The molecule has 0 fully saturated rings. The van der Waals surface area contributed by atoms with Crippen molar-refractivity contribution in [1.82, 2.24) is 25.4 Å². The van der Waals surface area contributed by atoms with E-state index in [9.17, 15) is 0 Å². The van der Waals surface area contributed by atoms with Crippen molar-refractivity contribution in [2.24, 2.45) is 0 Å². The van der Waals surface area contributed by atoms with Crippen molar-refractivity contribution >= 4 is 32.7 Å². The minimum atomic E-state index is 0.992. The second-order valence-corrected chi connectivity index (χ2v) is 7.60. The predicted octanol–water partition coefficient (Wildman–Crippen LogP) is 5.53. The summed E-state index contributed by atoms with van der Waals surface area (Å²) in [6, 6.07) is 10.6. The van der Waals surface area contributed by atoms with Gasteiger partial charge in [0.25, 0.3) is 0 Å². The zero-order valence-corrected chi connectivity index (χ0v) is 16.6. The fraction of sp³-hybridized carbons (Fsp3) is 0.261. The minimum absolute atomic E-state index is 0.992. The van der Waals surface area contributed by atoms with Gasteiger partial charge in [0.15, 0.2) is 0 Å². The number of nitrogens with one attached hydrogen (secondary N) is 2. The number of nitrogens with zero attached hydrogens (tertiary/aromatic N) is 3. The van der Waals surface area contributed by atoms with E-state index in [0.29, 0.717) is 0 Å². The molecule has 0 aliphatic heterocycles. The Morgan fingerprint density at radius 1 is 0.821 bits per heavy atom. The Balaban J connectivity index is 1.87. The molecule has 0 spiro atoms. The summed E-state index contributed by atoms with van der Waals surface area (Å²) in [7, 11) is 0. The van der Waals surface area contributed by atoms with Crippen molar-refractivity contribution in [3.05, 3.63) is 52.8 Å². The monoisotopic (exact) mass is 369 g/mol. The summed E-state index contributed by atoms with van der Waals surface area (Å²) in [5.41, 5.74) is 10.0. The van der Waals surface area contributed by atoms with Gasteiger partial charge in [0.1, 0.15) is 0 Å². The number of rotatable bonds is 3. The largest absolute Gasteiger partial charge is 0.282 e. The van der Waals surface area contributed by atoms with Crippen LogP contribution in [0, 0.1) is 20.8 Å². The highest BCUT2D eigenvalue weighted by Gasteiger charge is 2.18. The van der Waals surface area contributed by atoms with Gasteiger partial charge in [-0.25, -0.2) is 4.98 Å². The number of aromatic amines is 2. The Kier molecular flexibility index (Phi) is 3.72. The van der Waals surface area contributed by atoms with Crippen molar-refractivity contribution in [2.75, 3.05) is 0 Å². The number of fused-ring (bicyclic) bond motifs is 4. The molecule has 0 atom stereocenters. The van der Waals surface area contributed by atoms with Gasteiger partial charge >= 0.3 is 0 Å². The van der Waals surface area contributed by atoms with Crippen molar-refractivity contribution in [3.8, 4) is 11.3 Å². The molecule has 0 aliphatic rings. The standard InChI is InChI=1S/C23H23N5/c1-5-6-16-12(2)21-19(9-10-20-22(21)14(4)26-28-20)24-23(16)15-7-8-18-17(11-15)13(3)25-27-18/h7-11H,5-6H2,1-4H3,(H,25,27)(H,26,28). The lowest BCUT2D eigenvalue weighted by atomic mass is 9.92. The van der Waals surface area contributed by atoms with Crippen LogP contribution in [0.2, 0.25) is 0 Å². The Labute approximate surface area is 163 Å². The van der Waals surface area contributed by atoms with Crippen molar-refractivity contribution in [1.29, 1.82) is 0 Å². The summed E-state index contributed by atoms with van der Waals surface area (Å²) in [5, 5.41) is 18.6. The second-order valence-electron chi connectivity index (χ2n) is 7.60. The molecule has 5 rings (SSSR count). The SMILES string of the molecule is CCCc1c(-c2ccc3n[nH]c(C)c3c2)nc2ccc3n[nH]c(C)c3c2c1C. The van der Waals surface area contributed by atoms with E-state index in [2.05, 4.69) is 78.4 Å². The van der Waals surface area contributed by atoms with Crippen LogP contribution in [0.25, 0.3) is 44.0 Å². The first-order valence-electron chi connectivity index (χ1n) is 9.80. The molecule has 5 nitrogen and oxygen atoms in total. The zero-order chi connectivity index (χ0) is 19.4. The number of hydrogen-bond acceptors (Lipinski definition) is 3. The first-order chi connectivity index (χ1) is 13.6. The van der Waals surface area contributed by atoms with Gasteiger partial charge in [-0.2, -0.15) is 10.2 Å². The maximum Gasteiger partial charge on any atom is 0.0931 e. The molecule has 0 amide bonds. The molecule has 5 aromatic rings. The van der Waals surface area contributed by atoms with Crippen LogP contribution < -0.4 is 0 Å². The number of hydrogen-bond donors (Lipinski definition) is 2. The molecule has 28 heavy (non-hydrogen) atoms. The quantitative estimate of drug-likeness (QED) is 0.439. The molecule has 5 heteroatoms. The lowest BCUT2D eigenvalue weighted by Crippen LogP contribution is -2.00. The molecule has 0 saturated carbocycles. The molecule has 140 valence electrons.